The van der Waals surface area contributed by atoms with Gasteiger partial charge >= 0.3 is 0 Å². The second kappa shape index (κ2) is 8.11. The zero-order valence-electron chi connectivity index (χ0n) is 14.9. The molecule has 1 amide bonds. The van der Waals surface area contributed by atoms with Crippen LogP contribution in [0.5, 0.6) is 0 Å². The fourth-order valence-electron chi connectivity index (χ4n) is 3.32. The molecule has 0 aliphatic carbocycles. The van der Waals surface area contributed by atoms with E-state index < -0.39 is 0 Å². The lowest BCUT2D eigenvalue weighted by Crippen LogP contribution is -2.31. The van der Waals surface area contributed by atoms with Crippen LogP contribution in [0.2, 0.25) is 10.0 Å². The van der Waals surface area contributed by atoms with Crippen LogP contribution in [-0.2, 0) is 11.3 Å². The van der Waals surface area contributed by atoms with E-state index in [4.69, 9.17) is 23.2 Å². The molecule has 1 fully saturated rings. The van der Waals surface area contributed by atoms with E-state index in [2.05, 4.69) is 20.9 Å². The van der Waals surface area contributed by atoms with Crippen LogP contribution in [-0.4, -0.2) is 21.2 Å². The molecule has 0 spiro atoms. The van der Waals surface area contributed by atoms with Gasteiger partial charge in [-0.1, -0.05) is 57.3 Å². The predicted octanol–water partition coefficient (Wildman–Crippen LogP) is 6.42. The first kappa shape index (κ1) is 19.8. The van der Waals surface area contributed by atoms with Crippen molar-refractivity contribution in [2.24, 2.45) is 0 Å². The molecule has 0 saturated carbocycles. The maximum atomic E-state index is 12.8. The van der Waals surface area contributed by atoms with Gasteiger partial charge in [0.1, 0.15) is 5.37 Å². The molecule has 2 heterocycles. The van der Waals surface area contributed by atoms with Gasteiger partial charge in [-0.15, -0.1) is 11.8 Å². The Kier molecular flexibility index (Phi) is 5.74. The first-order valence-corrected chi connectivity index (χ1v) is 11.3. The van der Waals surface area contributed by atoms with E-state index in [0.29, 0.717) is 28.3 Å². The third-order valence-electron chi connectivity index (χ3n) is 4.62. The molecule has 3 aromatic rings. The Labute approximate surface area is 186 Å². The molecule has 2 aromatic carbocycles. The SMILES string of the molecule is CCn1c(-c2ccc(Br)cc2)cnc1N1C(=O)CSC1c1c(Cl)cccc1Cl. The number of anilines is 1. The second-order valence-electron chi connectivity index (χ2n) is 6.26. The molecule has 0 bridgehead atoms. The van der Waals surface area contributed by atoms with Crippen molar-refractivity contribution >= 4 is 62.7 Å². The summed E-state index contributed by atoms with van der Waals surface area (Å²) in [6, 6.07) is 13.4. The number of hydrogen-bond acceptors (Lipinski definition) is 3. The van der Waals surface area contributed by atoms with Crippen molar-refractivity contribution in [2.75, 3.05) is 10.7 Å². The zero-order chi connectivity index (χ0) is 19.8. The lowest BCUT2D eigenvalue weighted by molar-refractivity contribution is -0.115. The fraction of sp³-hybridized carbons (Fsp3) is 0.200. The molecule has 0 N–H and O–H groups in total. The van der Waals surface area contributed by atoms with Gasteiger partial charge in [0.2, 0.25) is 11.9 Å². The van der Waals surface area contributed by atoms with Crippen molar-refractivity contribution in [3.8, 4) is 11.3 Å². The molecule has 1 aliphatic heterocycles. The van der Waals surface area contributed by atoms with Gasteiger partial charge in [0, 0.05) is 26.6 Å². The average Bonchev–Trinajstić information content (AvgIpc) is 3.25. The molecule has 144 valence electrons. The summed E-state index contributed by atoms with van der Waals surface area (Å²) in [7, 11) is 0. The Bertz CT molecular complexity index is 1020. The van der Waals surface area contributed by atoms with Crippen LogP contribution in [0, 0.1) is 0 Å². The summed E-state index contributed by atoms with van der Waals surface area (Å²) in [4.78, 5) is 19.1. The summed E-state index contributed by atoms with van der Waals surface area (Å²) < 4.78 is 3.06. The molecule has 1 atom stereocenters. The van der Waals surface area contributed by atoms with E-state index >= 15 is 0 Å². The number of carbonyl (C=O) groups excluding carboxylic acids is 1. The highest BCUT2D eigenvalue weighted by Crippen LogP contribution is 2.46. The van der Waals surface area contributed by atoms with E-state index in [-0.39, 0.29) is 11.3 Å². The third kappa shape index (κ3) is 3.47. The van der Waals surface area contributed by atoms with E-state index in [1.54, 1.807) is 23.1 Å². The molecule has 4 rings (SSSR count). The average molecular weight is 497 g/mol. The predicted molar refractivity (Wildman–Crippen MR) is 120 cm³/mol. The lowest BCUT2D eigenvalue weighted by atomic mass is 10.2. The maximum absolute atomic E-state index is 12.8. The van der Waals surface area contributed by atoms with Crippen LogP contribution < -0.4 is 4.90 Å². The molecule has 1 unspecified atom stereocenters. The molecule has 1 saturated heterocycles. The molecular formula is C20H16BrCl2N3OS. The van der Waals surface area contributed by atoms with Gasteiger partial charge in [-0.2, -0.15) is 0 Å². The fourth-order valence-corrected chi connectivity index (χ4v) is 5.54. The number of rotatable bonds is 4. The van der Waals surface area contributed by atoms with Crippen LogP contribution in [0.25, 0.3) is 11.3 Å². The number of nitrogens with zero attached hydrogens (tertiary/aromatic N) is 3. The van der Waals surface area contributed by atoms with Crippen molar-refractivity contribution in [2.45, 2.75) is 18.8 Å². The van der Waals surface area contributed by atoms with Crippen molar-refractivity contribution in [3.63, 3.8) is 0 Å². The van der Waals surface area contributed by atoms with Crippen LogP contribution in [0.3, 0.4) is 0 Å². The lowest BCUT2D eigenvalue weighted by Gasteiger charge is -2.25. The number of halogens is 3. The summed E-state index contributed by atoms with van der Waals surface area (Å²) in [5.41, 5.74) is 2.74. The van der Waals surface area contributed by atoms with Crippen LogP contribution >= 0.6 is 50.9 Å². The Hall–Kier alpha value is -1.47. The molecule has 0 radical (unpaired) electrons. The quantitative estimate of drug-likeness (QED) is 0.418. The number of imidazole rings is 1. The summed E-state index contributed by atoms with van der Waals surface area (Å²) >= 11 is 17.8. The van der Waals surface area contributed by atoms with E-state index in [0.717, 1.165) is 21.3 Å². The number of hydrogen-bond donors (Lipinski definition) is 0. The third-order valence-corrected chi connectivity index (χ3v) is 6.98. The molecule has 28 heavy (non-hydrogen) atoms. The second-order valence-corrected chi connectivity index (χ2v) is 9.06. The van der Waals surface area contributed by atoms with Gasteiger partial charge in [-0.05, 0) is 36.8 Å². The minimum absolute atomic E-state index is 0.00589. The Morgan fingerprint density at radius 1 is 1.18 bits per heavy atom. The number of aromatic nitrogens is 2. The molecule has 8 heteroatoms. The minimum atomic E-state index is -0.306. The normalized spacial score (nSPS) is 16.8. The van der Waals surface area contributed by atoms with Gasteiger partial charge < -0.3 is 4.57 Å². The number of amides is 1. The van der Waals surface area contributed by atoms with Crippen molar-refractivity contribution in [1.29, 1.82) is 0 Å². The first-order chi connectivity index (χ1) is 13.5. The zero-order valence-corrected chi connectivity index (χ0v) is 18.8. The van der Waals surface area contributed by atoms with E-state index in [1.165, 1.54) is 11.8 Å². The van der Waals surface area contributed by atoms with Gasteiger partial charge in [-0.25, -0.2) is 4.98 Å². The van der Waals surface area contributed by atoms with E-state index in [9.17, 15) is 4.79 Å². The largest absolute Gasteiger partial charge is 0.310 e. The molecular weight excluding hydrogens is 481 g/mol. The monoisotopic (exact) mass is 495 g/mol. The highest BCUT2D eigenvalue weighted by molar-refractivity contribution is 9.10. The minimum Gasteiger partial charge on any atom is -0.310 e. The van der Waals surface area contributed by atoms with Crippen LogP contribution in [0.15, 0.2) is 53.1 Å². The number of benzene rings is 2. The van der Waals surface area contributed by atoms with Crippen molar-refractivity contribution in [3.05, 3.63) is 68.7 Å². The van der Waals surface area contributed by atoms with Crippen molar-refractivity contribution in [1.82, 2.24) is 9.55 Å². The first-order valence-electron chi connectivity index (χ1n) is 8.70. The molecule has 1 aromatic heterocycles. The number of carbonyl (C=O) groups is 1. The van der Waals surface area contributed by atoms with Crippen molar-refractivity contribution < 1.29 is 4.79 Å². The highest BCUT2D eigenvalue weighted by Gasteiger charge is 2.39. The van der Waals surface area contributed by atoms with Gasteiger partial charge in [-0.3, -0.25) is 9.69 Å². The van der Waals surface area contributed by atoms with Gasteiger partial charge in [0.05, 0.1) is 17.6 Å². The molecule has 4 nitrogen and oxygen atoms in total. The number of thioether (sulfide) groups is 1. The topological polar surface area (TPSA) is 38.1 Å². The summed E-state index contributed by atoms with van der Waals surface area (Å²) in [5, 5.41) is 0.791. The Morgan fingerprint density at radius 2 is 1.86 bits per heavy atom. The van der Waals surface area contributed by atoms with Gasteiger partial charge in [0.15, 0.2) is 0 Å². The summed E-state index contributed by atoms with van der Waals surface area (Å²) in [6.07, 6.45) is 1.81. The van der Waals surface area contributed by atoms with Gasteiger partial charge in [0.25, 0.3) is 0 Å². The summed E-state index contributed by atoms with van der Waals surface area (Å²) in [6.45, 7) is 2.72. The van der Waals surface area contributed by atoms with Crippen LogP contribution in [0.1, 0.15) is 17.9 Å². The maximum Gasteiger partial charge on any atom is 0.240 e. The van der Waals surface area contributed by atoms with Crippen LogP contribution in [0.4, 0.5) is 5.95 Å². The smallest absolute Gasteiger partial charge is 0.240 e. The standard InChI is InChI=1S/C20H16BrCl2N3OS/c1-2-25-16(12-6-8-13(21)9-7-12)10-24-20(25)26-17(27)11-28-19(26)18-14(22)4-3-5-15(18)23/h3-10,19H,2,11H2,1H3. The summed E-state index contributed by atoms with van der Waals surface area (Å²) in [5.74, 6) is 0.959. The molecule has 1 aliphatic rings. The Morgan fingerprint density at radius 3 is 2.50 bits per heavy atom. The van der Waals surface area contributed by atoms with E-state index in [1.807, 2.05) is 42.0 Å². The Balaban J connectivity index is 1.81. The highest BCUT2D eigenvalue weighted by atomic mass is 79.9.